The minimum Gasteiger partial charge on any atom is -0.443 e. The summed E-state index contributed by atoms with van der Waals surface area (Å²) >= 11 is 1.17. The number of furan rings is 1. The Morgan fingerprint density at radius 2 is 1.93 bits per heavy atom. The summed E-state index contributed by atoms with van der Waals surface area (Å²) in [5.74, 6) is 0.763. The Labute approximate surface area is 172 Å². The molecule has 8 nitrogen and oxygen atoms in total. The first-order valence-corrected chi connectivity index (χ1v) is 10.0. The van der Waals surface area contributed by atoms with Crippen molar-refractivity contribution in [2.24, 2.45) is 0 Å². The number of ether oxygens (including phenoxy) is 1. The number of thioether (sulfide) groups is 1. The van der Waals surface area contributed by atoms with Gasteiger partial charge in [0.25, 0.3) is 5.91 Å². The molecule has 2 amide bonds. The van der Waals surface area contributed by atoms with Crippen molar-refractivity contribution in [3.05, 3.63) is 47.2 Å². The van der Waals surface area contributed by atoms with Gasteiger partial charge < -0.3 is 19.8 Å². The van der Waals surface area contributed by atoms with Gasteiger partial charge in [0.15, 0.2) is 5.16 Å². The Bertz CT molecular complexity index is 1020. The number of aromatic nitrogens is 2. The van der Waals surface area contributed by atoms with Crippen LogP contribution in [0, 0.1) is 13.8 Å². The number of benzene rings is 1. The Balaban J connectivity index is 1.83. The molecule has 0 saturated heterocycles. The second kappa shape index (κ2) is 9.53. The molecule has 3 aromatic rings. The predicted molar refractivity (Wildman–Crippen MR) is 111 cm³/mol. The molecule has 152 valence electrons. The lowest BCUT2D eigenvalue weighted by Gasteiger charge is -2.08. The van der Waals surface area contributed by atoms with Gasteiger partial charge in [-0.1, -0.05) is 30.0 Å². The second-order valence-electron chi connectivity index (χ2n) is 6.27. The van der Waals surface area contributed by atoms with Crippen LogP contribution in [0.25, 0.3) is 11.1 Å². The number of hydrogen-bond donors (Lipinski definition) is 2. The van der Waals surface area contributed by atoms with E-state index >= 15 is 0 Å². The van der Waals surface area contributed by atoms with Gasteiger partial charge in [-0.2, -0.15) is 4.98 Å². The number of carbonyl (C=O) groups is 2. The van der Waals surface area contributed by atoms with E-state index in [1.807, 2.05) is 19.9 Å². The highest BCUT2D eigenvalue weighted by Crippen LogP contribution is 2.31. The van der Waals surface area contributed by atoms with Crippen molar-refractivity contribution in [3.8, 4) is 0 Å². The Kier molecular flexibility index (Phi) is 6.84. The van der Waals surface area contributed by atoms with Gasteiger partial charge in [-0.3, -0.25) is 9.59 Å². The van der Waals surface area contributed by atoms with Crippen molar-refractivity contribution in [1.82, 2.24) is 15.3 Å². The number of nitrogens with zero attached hydrogens (tertiary/aromatic N) is 2. The second-order valence-corrected chi connectivity index (χ2v) is 7.21. The summed E-state index contributed by atoms with van der Waals surface area (Å²) in [7, 11) is 1.57. The molecule has 1 aromatic carbocycles. The molecule has 0 aliphatic rings. The third-order valence-electron chi connectivity index (χ3n) is 4.24. The van der Waals surface area contributed by atoms with E-state index < -0.39 is 0 Å². The SMILES string of the molecule is COCCNC(=O)CSc1nc(NC(=O)c2ccccc2)c2c(C)c(C)oc2n1. The zero-order chi connectivity index (χ0) is 20.8. The van der Waals surface area contributed by atoms with Crippen molar-refractivity contribution in [1.29, 1.82) is 0 Å². The van der Waals surface area contributed by atoms with E-state index in [1.165, 1.54) is 11.8 Å². The summed E-state index contributed by atoms with van der Waals surface area (Å²) in [6, 6.07) is 8.88. The molecule has 0 unspecified atom stereocenters. The third-order valence-corrected chi connectivity index (χ3v) is 5.08. The molecular formula is C20H22N4O4S. The fraction of sp³-hybridized carbons (Fsp3) is 0.300. The van der Waals surface area contributed by atoms with Gasteiger partial charge in [-0.25, -0.2) is 4.98 Å². The predicted octanol–water partition coefficient (Wildman–Crippen LogP) is 2.95. The lowest BCUT2D eigenvalue weighted by Crippen LogP contribution is -2.28. The zero-order valence-corrected chi connectivity index (χ0v) is 17.3. The smallest absolute Gasteiger partial charge is 0.256 e. The fourth-order valence-electron chi connectivity index (χ4n) is 2.63. The Hall–Kier alpha value is -2.91. The molecule has 29 heavy (non-hydrogen) atoms. The minimum atomic E-state index is -0.280. The Morgan fingerprint density at radius 3 is 2.66 bits per heavy atom. The summed E-state index contributed by atoms with van der Waals surface area (Å²) in [6.07, 6.45) is 0. The van der Waals surface area contributed by atoms with Crippen molar-refractivity contribution in [2.45, 2.75) is 19.0 Å². The van der Waals surface area contributed by atoms with E-state index in [-0.39, 0.29) is 17.6 Å². The molecule has 0 bridgehead atoms. The molecule has 9 heteroatoms. The van der Waals surface area contributed by atoms with E-state index in [0.29, 0.717) is 46.5 Å². The normalized spacial score (nSPS) is 10.9. The number of methoxy groups -OCH3 is 1. The quantitative estimate of drug-likeness (QED) is 0.332. The number of carbonyl (C=O) groups excluding carboxylic acids is 2. The fourth-order valence-corrected chi connectivity index (χ4v) is 3.29. The van der Waals surface area contributed by atoms with Crippen molar-refractivity contribution < 1.29 is 18.7 Å². The first-order valence-electron chi connectivity index (χ1n) is 9.02. The average molecular weight is 414 g/mol. The van der Waals surface area contributed by atoms with Crippen molar-refractivity contribution in [2.75, 3.05) is 31.3 Å². The van der Waals surface area contributed by atoms with Crippen LogP contribution >= 0.6 is 11.8 Å². The van der Waals surface area contributed by atoms with Crippen LogP contribution in [0.15, 0.2) is 39.9 Å². The maximum atomic E-state index is 12.6. The van der Waals surface area contributed by atoms with E-state index in [2.05, 4.69) is 20.6 Å². The summed E-state index contributed by atoms with van der Waals surface area (Å²) in [4.78, 5) is 33.4. The lowest BCUT2D eigenvalue weighted by molar-refractivity contribution is -0.118. The number of hydrogen-bond acceptors (Lipinski definition) is 7. The Morgan fingerprint density at radius 1 is 1.17 bits per heavy atom. The molecule has 0 radical (unpaired) electrons. The molecule has 2 aromatic heterocycles. The summed E-state index contributed by atoms with van der Waals surface area (Å²) < 4.78 is 10.6. The van der Waals surface area contributed by atoms with Gasteiger partial charge in [0, 0.05) is 24.8 Å². The van der Waals surface area contributed by atoms with E-state index in [0.717, 1.165) is 5.56 Å². The van der Waals surface area contributed by atoms with Gasteiger partial charge in [0.2, 0.25) is 11.6 Å². The van der Waals surface area contributed by atoms with E-state index in [4.69, 9.17) is 9.15 Å². The number of nitrogens with one attached hydrogen (secondary N) is 2. The van der Waals surface area contributed by atoms with E-state index in [9.17, 15) is 9.59 Å². The first-order chi connectivity index (χ1) is 14.0. The molecular weight excluding hydrogens is 392 g/mol. The minimum absolute atomic E-state index is 0.139. The summed E-state index contributed by atoms with van der Waals surface area (Å²) in [5, 5.41) is 6.58. The summed E-state index contributed by atoms with van der Waals surface area (Å²) in [5.41, 5.74) is 1.75. The van der Waals surface area contributed by atoms with Gasteiger partial charge >= 0.3 is 0 Å². The van der Waals surface area contributed by atoms with E-state index in [1.54, 1.807) is 31.4 Å². The molecule has 0 aliphatic carbocycles. The maximum absolute atomic E-state index is 12.6. The number of rotatable bonds is 8. The van der Waals surface area contributed by atoms with Gasteiger partial charge in [0.1, 0.15) is 11.6 Å². The van der Waals surface area contributed by atoms with Crippen LogP contribution < -0.4 is 10.6 Å². The maximum Gasteiger partial charge on any atom is 0.256 e. The van der Waals surface area contributed by atoms with Crippen molar-refractivity contribution >= 4 is 40.5 Å². The highest BCUT2D eigenvalue weighted by Gasteiger charge is 2.19. The van der Waals surface area contributed by atoms with Crippen molar-refractivity contribution in [3.63, 3.8) is 0 Å². The molecule has 0 saturated carbocycles. The number of amides is 2. The molecule has 0 aliphatic heterocycles. The molecule has 3 rings (SSSR count). The monoisotopic (exact) mass is 414 g/mol. The first kappa shape index (κ1) is 20.8. The average Bonchev–Trinajstić information content (AvgIpc) is 3.01. The number of aryl methyl sites for hydroxylation is 2. The summed E-state index contributed by atoms with van der Waals surface area (Å²) in [6.45, 7) is 4.60. The zero-order valence-electron chi connectivity index (χ0n) is 16.4. The molecule has 2 heterocycles. The van der Waals surface area contributed by atoms with Crippen LogP contribution in [0.1, 0.15) is 21.7 Å². The van der Waals surface area contributed by atoms with Gasteiger partial charge in [0.05, 0.1) is 17.7 Å². The molecule has 0 fully saturated rings. The van der Waals surface area contributed by atoms with Crippen LogP contribution in [-0.4, -0.2) is 47.8 Å². The number of anilines is 1. The van der Waals surface area contributed by atoms with Gasteiger partial charge in [-0.05, 0) is 26.0 Å². The lowest BCUT2D eigenvalue weighted by atomic mass is 10.2. The highest BCUT2D eigenvalue weighted by atomic mass is 32.2. The molecule has 0 atom stereocenters. The molecule has 2 N–H and O–H groups in total. The van der Waals surface area contributed by atoms with Crippen LogP contribution in [0.3, 0.4) is 0 Å². The molecule has 0 spiro atoms. The van der Waals surface area contributed by atoms with Crippen LogP contribution in [-0.2, 0) is 9.53 Å². The number of fused-ring (bicyclic) bond motifs is 1. The van der Waals surface area contributed by atoms with Crippen LogP contribution in [0.4, 0.5) is 5.82 Å². The largest absolute Gasteiger partial charge is 0.443 e. The highest BCUT2D eigenvalue weighted by molar-refractivity contribution is 7.99. The van der Waals surface area contributed by atoms with Gasteiger partial charge in [-0.15, -0.1) is 0 Å². The standard InChI is InChI=1S/C20H22N4O4S/c1-12-13(2)28-19-16(12)17(22-18(26)14-7-5-4-6-8-14)23-20(24-19)29-11-15(25)21-9-10-27-3/h4-8H,9-11H2,1-3H3,(H,21,25)(H,22,23,24,26). The van der Waals surface area contributed by atoms with Crippen LogP contribution in [0.5, 0.6) is 0 Å². The third kappa shape index (κ3) is 5.12. The topological polar surface area (TPSA) is 106 Å². The van der Waals surface area contributed by atoms with Crippen LogP contribution in [0.2, 0.25) is 0 Å².